The molecule has 2 aromatic heterocycles. The van der Waals surface area contributed by atoms with Crippen LogP contribution in [0.5, 0.6) is 0 Å². The highest BCUT2D eigenvalue weighted by molar-refractivity contribution is 5.78. The number of hydrogen-bond donors (Lipinski definition) is 2. The minimum atomic E-state index is -0.177. The number of amides is 2. The van der Waals surface area contributed by atoms with Crippen LogP contribution >= 0.6 is 0 Å². The lowest BCUT2D eigenvalue weighted by Gasteiger charge is -2.21. The SMILES string of the molecule is COCC(=O)NCc1ccnc(CNC(=O)C2CCc3ncnn3C2)c1. The molecule has 0 saturated heterocycles. The number of methoxy groups -OCH3 is 1. The molecule has 1 aliphatic rings. The van der Waals surface area contributed by atoms with Crippen molar-refractivity contribution >= 4 is 11.8 Å². The van der Waals surface area contributed by atoms with E-state index < -0.39 is 0 Å². The first-order valence-electron chi connectivity index (χ1n) is 8.49. The van der Waals surface area contributed by atoms with E-state index in [2.05, 4.69) is 25.7 Å². The van der Waals surface area contributed by atoms with Gasteiger partial charge in [-0.1, -0.05) is 0 Å². The average Bonchev–Trinajstić information content (AvgIpc) is 3.13. The Morgan fingerprint density at radius 3 is 3.04 bits per heavy atom. The molecule has 1 aliphatic heterocycles. The van der Waals surface area contributed by atoms with E-state index in [0.29, 0.717) is 19.6 Å². The number of rotatable bonds is 7. The Bertz CT molecular complexity index is 775. The molecule has 2 N–H and O–H groups in total. The largest absolute Gasteiger partial charge is 0.375 e. The second-order valence-corrected chi connectivity index (χ2v) is 6.18. The summed E-state index contributed by atoms with van der Waals surface area (Å²) in [5.74, 6) is 0.635. The topological polar surface area (TPSA) is 111 Å². The van der Waals surface area contributed by atoms with Crippen molar-refractivity contribution in [1.29, 1.82) is 0 Å². The van der Waals surface area contributed by atoms with Gasteiger partial charge in [-0.2, -0.15) is 5.10 Å². The number of pyridine rings is 1. The molecule has 9 heteroatoms. The minimum Gasteiger partial charge on any atom is -0.375 e. The Balaban J connectivity index is 1.49. The first-order chi connectivity index (χ1) is 12.7. The van der Waals surface area contributed by atoms with Gasteiger partial charge in [-0.05, 0) is 24.1 Å². The predicted molar refractivity (Wildman–Crippen MR) is 91.6 cm³/mol. The zero-order valence-electron chi connectivity index (χ0n) is 14.6. The van der Waals surface area contributed by atoms with Crippen LogP contribution in [0, 0.1) is 5.92 Å². The first-order valence-corrected chi connectivity index (χ1v) is 8.49. The number of fused-ring (bicyclic) bond motifs is 1. The fourth-order valence-electron chi connectivity index (χ4n) is 2.89. The molecule has 9 nitrogen and oxygen atoms in total. The van der Waals surface area contributed by atoms with Gasteiger partial charge in [-0.15, -0.1) is 0 Å². The van der Waals surface area contributed by atoms with Crippen molar-refractivity contribution in [2.45, 2.75) is 32.5 Å². The summed E-state index contributed by atoms with van der Waals surface area (Å²) in [6.07, 6.45) is 4.72. The number of aryl methyl sites for hydroxylation is 1. The first kappa shape index (κ1) is 18.0. The van der Waals surface area contributed by atoms with Gasteiger partial charge in [0.25, 0.3) is 0 Å². The second kappa shape index (κ2) is 8.52. The number of hydrogen-bond acceptors (Lipinski definition) is 6. The lowest BCUT2D eigenvalue weighted by Crippen LogP contribution is -2.36. The van der Waals surface area contributed by atoms with E-state index in [4.69, 9.17) is 4.74 Å². The molecule has 2 aromatic rings. The number of carbonyl (C=O) groups is 2. The van der Waals surface area contributed by atoms with Crippen molar-refractivity contribution in [1.82, 2.24) is 30.4 Å². The molecule has 0 radical (unpaired) electrons. The molecular weight excluding hydrogens is 336 g/mol. The van der Waals surface area contributed by atoms with E-state index in [1.807, 2.05) is 12.1 Å². The van der Waals surface area contributed by atoms with Gasteiger partial charge in [-0.25, -0.2) is 9.67 Å². The summed E-state index contributed by atoms with van der Waals surface area (Å²) < 4.78 is 6.56. The standard InChI is InChI=1S/C17H22N6O3/c1-26-10-16(24)19-7-12-4-5-18-14(6-12)8-20-17(25)13-2-3-15-21-11-22-23(15)9-13/h4-6,11,13H,2-3,7-10H2,1H3,(H,19,24)(H,20,25). The lowest BCUT2D eigenvalue weighted by atomic mass is 9.99. The van der Waals surface area contributed by atoms with E-state index in [-0.39, 0.29) is 24.3 Å². The van der Waals surface area contributed by atoms with Gasteiger partial charge >= 0.3 is 0 Å². The van der Waals surface area contributed by atoms with Crippen LogP contribution in [0.25, 0.3) is 0 Å². The molecule has 0 spiro atoms. The van der Waals surface area contributed by atoms with Crippen LogP contribution in [0.3, 0.4) is 0 Å². The minimum absolute atomic E-state index is 0.00764. The Morgan fingerprint density at radius 1 is 1.31 bits per heavy atom. The Morgan fingerprint density at radius 2 is 2.19 bits per heavy atom. The Hall–Kier alpha value is -2.81. The summed E-state index contributed by atoms with van der Waals surface area (Å²) in [5, 5.41) is 9.83. The van der Waals surface area contributed by atoms with E-state index in [1.54, 1.807) is 10.9 Å². The Kier molecular flexibility index (Phi) is 5.90. The van der Waals surface area contributed by atoms with E-state index >= 15 is 0 Å². The molecule has 138 valence electrons. The predicted octanol–water partition coefficient (Wildman–Crippen LogP) is -0.185. The highest BCUT2D eigenvalue weighted by Crippen LogP contribution is 2.17. The molecule has 2 amide bonds. The second-order valence-electron chi connectivity index (χ2n) is 6.18. The van der Waals surface area contributed by atoms with Crippen LogP contribution in [-0.2, 0) is 40.4 Å². The smallest absolute Gasteiger partial charge is 0.246 e. The van der Waals surface area contributed by atoms with Gasteiger partial charge in [0.1, 0.15) is 18.8 Å². The van der Waals surface area contributed by atoms with Crippen molar-refractivity contribution in [2.75, 3.05) is 13.7 Å². The van der Waals surface area contributed by atoms with Crippen molar-refractivity contribution < 1.29 is 14.3 Å². The van der Waals surface area contributed by atoms with Crippen LogP contribution in [0.2, 0.25) is 0 Å². The third-order valence-electron chi connectivity index (χ3n) is 4.27. The maximum atomic E-state index is 12.4. The maximum Gasteiger partial charge on any atom is 0.246 e. The highest BCUT2D eigenvalue weighted by atomic mass is 16.5. The number of aromatic nitrogens is 4. The number of ether oxygens (including phenoxy) is 1. The van der Waals surface area contributed by atoms with Gasteiger partial charge in [0.15, 0.2) is 0 Å². The summed E-state index contributed by atoms with van der Waals surface area (Å²) in [4.78, 5) is 32.3. The van der Waals surface area contributed by atoms with Crippen molar-refractivity contribution in [3.05, 3.63) is 41.7 Å². The van der Waals surface area contributed by atoms with Crippen molar-refractivity contribution in [3.63, 3.8) is 0 Å². The summed E-state index contributed by atoms with van der Waals surface area (Å²) in [6, 6.07) is 3.69. The highest BCUT2D eigenvalue weighted by Gasteiger charge is 2.25. The van der Waals surface area contributed by atoms with Gasteiger partial charge in [0.2, 0.25) is 11.8 Å². The number of carbonyl (C=O) groups excluding carboxylic acids is 2. The molecular formula is C17H22N6O3. The lowest BCUT2D eigenvalue weighted by molar-refractivity contribution is -0.126. The molecule has 0 aliphatic carbocycles. The van der Waals surface area contributed by atoms with Crippen LogP contribution in [0.1, 0.15) is 23.5 Å². The molecule has 0 saturated carbocycles. The zero-order valence-corrected chi connectivity index (χ0v) is 14.6. The van der Waals surface area contributed by atoms with Gasteiger partial charge in [0.05, 0.1) is 24.7 Å². The maximum absolute atomic E-state index is 12.4. The molecule has 3 rings (SSSR count). The molecule has 0 fully saturated rings. The van der Waals surface area contributed by atoms with Crippen LogP contribution in [0.15, 0.2) is 24.7 Å². The van der Waals surface area contributed by atoms with E-state index in [0.717, 1.165) is 29.9 Å². The van der Waals surface area contributed by atoms with E-state index in [9.17, 15) is 9.59 Å². The summed E-state index contributed by atoms with van der Waals surface area (Å²) >= 11 is 0. The number of nitrogens with one attached hydrogen (secondary N) is 2. The summed E-state index contributed by atoms with van der Waals surface area (Å²) in [6.45, 7) is 1.33. The Labute approximate surface area is 151 Å². The van der Waals surface area contributed by atoms with Crippen molar-refractivity contribution in [3.8, 4) is 0 Å². The van der Waals surface area contributed by atoms with Crippen molar-refractivity contribution in [2.24, 2.45) is 5.92 Å². The fraction of sp³-hybridized carbons (Fsp3) is 0.471. The summed E-state index contributed by atoms with van der Waals surface area (Å²) in [7, 11) is 1.47. The third-order valence-corrected chi connectivity index (χ3v) is 4.27. The van der Waals surface area contributed by atoms with Gasteiger partial charge in [-0.3, -0.25) is 14.6 Å². The summed E-state index contributed by atoms with van der Waals surface area (Å²) in [5.41, 5.74) is 1.66. The monoisotopic (exact) mass is 358 g/mol. The molecule has 0 aromatic carbocycles. The van der Waals surface area contributed by atoms with Gasteiger partial charge < -0.3 is 15.4 Å². The molecule has 1 unspecified atom stereocenters. The van der Waals surface area contributed by atoms with Gasteiger partial charge in [0, 0.05) is 26.3 Å². The average molecular weight is 358 g/mol. The van der Waals surface area contributed by atoms with Crippen LogP contribution in [-0.4, -0.2) is 45.3 Å². The molecule has 0 bridgehead atoms. The molecule has 1 atom stereocenters. The zero-order chi connectivity index (χ0) is 18.4. The normalized spacial score (nSPS) is 16.0. The number of nitrogens with zero attached hydrogens (tertiary/aromatic N) is 4. The quantitative estimate of drug-likeness (QED) is 0.710. The van der Waals surface area contributed by atoms with Crippen LogP contribution < -0.4 is 10.6 Å². The third kappa shape index (κ3) is 4.63. The fourth-order valence-corrected chi connectivity index (χ4v) is 2.89. The van der Waals surface area contributed by atoms with E-state index in [1.165, 1.54) is 13.4 Å². The molecule has 3 heterocycles. The van der Waals surface area contributed by atoms with Crippen LogP contribution in [0.4, 0.5) is 0 Å². The molecule has 26 heavy (non-hydrogen) atoms.